The molecule has 0 amide bonds. The van der Waals surface area contributed by atoms with Crippen LogP contribution in [0.15, 0.2) is 84.4 Å². The van der Waals surface area contributed by atoms with Crippen LogP contribution >= 0.6 is 0 Å². The third-order valence-electron chi connectivity index (χ3n) is 4.93. The van der Waals surface area contributed by atoms with Crippen LogP contribution in [0.3, 0.4) is 0 Å². The molecule has 0 N–H and O–H groups in total. The molecule has 3 aromatic rings. The normalized spacial score (nSPS) is 12.0. The van der Waals surface area contributed by atoms with Crippen LogP contribution in [0, 0.1) is 0 Å². The molecule has 31 heavy (non-hydrogen) atoms. The lowest BCUT2D eigenvalue weighted by Gasteiger charge is -2.19. The molecule has 158 valence electrons. The predicted octanol–water partition coefficient (Wildman–Crippen LogP) is 4.93. The van der Waals surface area contributed by atoms with Gasteiger partial charge in [0.25, 0.3) is 0 Å². The molecule has 0 fully saturated rings. The minimum atomic E-state index is -0.872. The number of esters is 1. The summed E-state index contributed by atoms with van der Waals surface area (Å²) in [5.74, 6) is -0.300. The summed E-state index contributed by atoms with van der Waals surface area (Å²) in [7, 11) is 4.47. The molecule has 1 atom stereocenters. The number of carbonyl (C=O) groups excluding carboxylic acids is 2. The van der Waals surface area contributed by atoms with E-state index in [4.69, 9.17) is 14.2 Å². The lowest BCUT2D eigenvalue weighted by molar-refractivity contribution is -0.141. The highest BCUT2D eigenvalue weighted by atomic mass is 16.5. The first-order valence-electron chi connectivity index (χ1n) is 9.74. The fourth-order valence-corrected chi connectivity index (χ4v) is 3.27. The summed E-state index contributed by atoms with van der Waals surface area (Å²) in [6, 6.07) is 23.2. The number of carbonyl (C=O) groups is 2. The number of rotatable bonds is 8. The fraction of sp³-hybridized carbons (Fsp3) is 0.154. The van der Waals surface area contributed by atoms with Crippen molar-refractivity contribution in [2.45, 2.75) is 5.92 Å². The van der Waals surface area contributed by atoms with Gasteiger partial charge in [0.15, 0.2) is 5.78 Å². The van der Waals surface area contributed by atoms with E-state index in [-0.39, 0.29) is 5.78 Å². The predicted molar refractivity (Wildman–Crippen MR) is 119 cm³/mol. The molecular formula is C26H24O5. The maximum Gasteiger partial charge on any atom is 0.317 e. The minimum absolute atomic E-state index is 0.266. The van der Waals surface area contributed by atoms with Gasteiger partial charge in [0.2, 0.25) is 0 Å². The number of Topliss-reactive ketones (excluding diaryl/α,β-unsaturated/α-hetero) is 1. The van der Waals surface area contributed by atoms with Crippen molar-refractivity contribution in [2.24, 2.45) is 0 Å². The number of hydrogen-bond acceptors (Lipinski definition) is 5. The van der Waals surface area contributed by atoms with Gasteiger partial charge in [-0.2, -0.15) is 0 Å². The Morgan fingerprint density at radius 3 is 1.81 bits per heavy atom. The van der Waals surface area contributed by atoms with Crippen molar-refractivity contribution < 1.29 is 23.8 Å². The van der Waals surface area contributed by atoms with Gasteiger partial charge in [0, 0.05) is 11.1 Å². The molecule has 0 aliphatic carbocycles. The molecule has 0 saturated carbocycles. The number of ether oxygens (including phenoxy) is 3. The van der Waals surface area contributed by atoms with E-state index in [0.29, 0.717) is 28.2 Å². The van der Waals surface area contributed by atoms with Crippen molar-refractivity contribution in [1.82, 2.24) is 0 Å². The third kappa shape index (κ3) is 5.20. The van der Waals surface area contributed by atoms with E-state index in [0.717, 1.165) is 5.56 Å². The SMILES string of the molecule is COC(=O)C(/C(=C\c1ccc(OC)cc1)C(=O)c1ccc(OC)cc1)c1ccccc1. The number of hydrogen-bond donors (Lipinski definition) is 0. The van der Waals surface area contributed by atoms with Gasteiger partial charge in [-0.15, -0.1) is 0 Å². The minimum Gasteiger partial charge on any atom is -0.497 e. The molecule has 0 aliphatic rings. The van der Waals surface area contributed by atoms with E-state index in [9.17, 15) is 9.59 Å². The van der Waals surface area contributed by atoms with Crippen molar-refractivity contribution in [2.75, 3.05) is 21.3 Å². The zero-order valence-corrected chi connectivity index (χ0v) is 17.7. The molecule has 0 heterocycles. The van der Waals surface area contributed by atoms with Crippen LogP contribution in [0.2, 0.25) is 0 Å². The largest absolute Gasteiger partial charge is 0.497 e. The highest BCUT2D eigenvalue weighted by molar-refractivity contribution is 6.15. The van der Waals surface area contributed by atoms with Gasteiger partial charge < -0.3 is 14.2 Å². The summed E-state index contributed by atoms with van der Waals surface area (Å²) in [5, 5.41) is 0. The fourth-order valence-electron chi connectivity index (χ4n) is 3.27. The average molecular weight is 416 g/mol. The first-order valence-corrected chi connectivity index (χ1v) is 9.74. The number of methoxy groups -OCH3 is 3. The average Bonchev–Trinajstić information content (AvgIpc) is 2.84. The molecule has 3 rings (SSSR count). The van der Waals surface area contributed by atoms with E-state index in [1.165, 1.54) is 7.11 Å². The molecule has 0 aromatic heterocycles. The molecule has 0 saturated heterocycles. The van der Waals surface area contributed by atoms with Crippen molar-refractivity contribution in [3.8, 4) is 11.5 Å². The lowest BCUT2D eigenvalue weighted by atomic mass is 9.85. The summed E-state index contributed by atoms with van der Waals surface area (Å²) < 4.78 is 15.5. The number of benzene rings is 3. The Balaban J connectivity index is 2.14. The van der Waals surface area contributed by atoms with E-state index < -0.39 is 11.9 Å². The van der Waals surface area contributed by atoms with E-state index in [1.807, 2.05) is 42.5 Å². The lowest BCUT2D eigenvalue weighted by Crippen LogP contribution is -2.21. The Kier molecular flexibility index (Phi) is 7.22. The molecular weight excluding hydrogens is 392 g/mol. The summed E-state index contributed by atoms with van der Waals surface area (Å²) in [6.45, 7) is 0. The van der Waals surface area contributed by atoms with Crippen molar-refractivity contribution in [1.29, 1.82) is 0 Å². The second-order valence-electron chi connectivity index (χ2n) is 6.80. The summed E-state index contributed by atoms with van der Waals surface area (Å²) in [5.41, 5.74) is 2.21. The Morgan fingerprint density at radius 2 is 1.29 bits per heavy atom. The topological polar surface area (TPSA) is 61.8 Å². The van der Waals surface area contributed by atoms with E-state index in [2.05, 4.69) is 0 Å². The standard InChI is InChI=1S/C26H24O5/c1-29-21-13-9-18(10-14-21)17-23(25(27)20-11-15-22(30-2)16-12-20)24(26(28)31-3)19-7-5-4-6-8-19/h4-17,24H,1-3H3/b23-17+. The van der Waals surface area contributed by atoms with Gasteiger partial charge in [-0.3, -0.25) is 9.59 Å². The zero-order chi connectivity index (χ0) is 22.2. The Labute approximate surface area is 181 Å². The van der Waals surface area contributed by atoms with Crippen LogP contribution < -0.4 is 9.47 Å². The third-order valence-corrected chi connectivity index (χ3v) is 4.93. The number of ketones is 1. The monoisotopic (exact) mass is 416 g/mol. The van der Waals surface area contributed by atoms with Gasteiger partial charge in [-0.05, 0) is 53.6 Å². The van der Waals surface area contributed by atoms with Crippen molar-refractivity contribution in [3.63, 3.8) is 0 Å². The second-order valence-corrected chi connectivity index (χ2v) is 6.80. The van der Waals surface area contributed by atoms with Gasteiger partial charge in [-0.25, -0.2) is 0 Å². The second kappa shape index (κ2) is 10.3. The summed E-state index contributed by atoms with van der Waals surface area (Å²) in [6.07, 6.45) is 1.72. The Morgan fingerprint density at radius 1 is 0.742 bits per heavy atom. The highest BCUT2D eigenvalue weighted by Gasteiger charge is 2.31. The highest BCUT2D eigenvalue weighted by Crippen LogP contribution is 2.31. The summed E-state index contributed by atoms with van der Waals surface area (Å²) >= 11 is 0. The molecule has 3 aromatic carbocycles. The Hall–Kier alpha value is -3.86. The van der Waals surface area contributed by atoms with Gasteiger partial charge in [0.1, 0.15) is 17.4 Å². The van der Waals surface area contributed by atoms with Gasteiger partial charge >= 0.3 is 5.97 Å². The zero-order valence-electron chi connectivity index (χ0n) is 17.7. The molecule has 1 unspecified atom stereocenters. The maximum absolute atomic E-state index is 13.6. The van der Waals surface area contributed by atoms with Crippen LogP contribution in [0.1, 0.15) is 27.4 Å². The molecule has 5 heteroatoms. The smallest absolute Gasteiger partial charge is 0.317 e. The van der Waals surface area contributed by atoms with Gasteiger partial charge in [-0.1, -0.05) is 42.5 Å². The van der Waals surface area contributed by atoms with Crippen LogP contribution in [0.5, 0.6) is 11.5 Å². The molecule has 0 spiro atoms. The Bertz CT molecular complexity index is 1050. The molecule has 0 bridgehead atoms. The first kappa shape index (κ1) is 21.8. The van der Waals surface area contributed by atoms with Gasteiger partial charge in [0.05, 0.1) is 21.3 Å². The molecule has 5 nitrogen and oxygen atoms in total. The van der Waals surface area contributed by atoms with Crippen LogP contribution in [0.4, 0.5) is 0 Å². The maximum atomic E-state index is 13.6. The van der Waals surface area contributed by atoms with Crippen LogP contribution in [-0.2, 0) is 9.53 Å². The summed E-state index contributed by atoms with van der Waals surface area (Å²) in [4.78, 5) is 26.4. The van der Waals surface area contributed by atoms with E-state index >= 15 is 0 Å². The van der Waals surface area contributed by atoms with E-state index in [1.54, 1.807) is 56.7 Å². The van der Waals surface area contributed by atoms with Crippen LogP contribution in [0.25, 0.3) is 6.08 Å². The van der Waals surface area contributed by atoms with Crippen molar-refractivity contribution in [3.05, 3.63) is 101 Å². The van der Waals surface area contributed by atoms with Crippen molar-refractivity contribution >= 4 is 17.8 Å². The quantitative estimate of drug-likeness (QED) is 0.296. The molecule has 0 aliphatic heterocycles. The molecule has 0 radical (unpaired) electrons. The van der Waals surface area contributed by atoms with Crippen LogP contribution in [-0.4, -0.2) is 33.1 Å². The first-order chi connectivity index (χ1) is 15.1.